The van der Waals surface area contributed by atoms with Crippen LogP contribution in [0, 0.1) is 6.92 Å². The molecule has 2 nitrogen and oxygen atoms in total. The highest BCUT2D eigenvalue weighted by atomic mass is 35.5. The summed E-state index contributed by atoms with van der Waals surface area (Å²) in [6.45, 7) is 8.42. The maximum Gasteiger partial charge on any atom is 0.129 e. The Morgan fingerprint density at radius 2 is 1.83 bits per heavy atom. The Morgan fingerprint density at radius 3 is 2.00 bits per heavy atom. The Morgan fingerprint density at radius 1 is 1.33 bits per heavy atom. The molecule has 1 rings (SSSR count). The summed E-state index contributed by atoms with van der Waals surface area (Å²) in [5.41, 5.74) is 2.25. The normalized spacial score (nSPS) is 12.2. The summed E-state index contributed by atoms with van der Waals surface area (Å²) in [6, 6.07) is 0. The summed E-state index contributed by atoms with van der Waals surface area (Å²) in [4.78, 5) is 0. The van der Waals surface area contributed by atoms with Gasteiger partial charge in [0.1, 0.15) is 5.15 Å². The molecule has 1 heterocycles. The fourth-order valence-electron chi connectivity index (χ4n) is 1.32. The van der Waals surface area contributed by atoms with Crippen molar-refractivity contribution >= 4 is 11.6 Å². The third-order valence-electron chi connectivity index (χ3n) is 1.91. The van der Waals surface area contributed by atoms with E-state index >= 15 is 0 Å². The van der Waals surface area contributed by atoms with Crippen LogP contribution in [0.25, 0.3) is 0 Å². The van der Waals surface area contributed by atoms with Crippen LogP contribution in [0.2, 0.25) is 5.15 Å². The van der Waals surface area contributed by atoms with Crippen LogP contribution in [0.3, 0.4) is 0 Å². The van der Waals surface area contributed by atoms with E-state index in [4.69, 9.17) is 11.6 Å². The van der Waals surface area contributed by atoms with E-state index < -0.39 is 0 Å². The van der Waals surface area contributed by atoms with Crippen LogP contribution in [0.1, 0.15) is 32.0 Å². The highest BCUT2D eigenvalue weighted by Crippen LogP contribution is 2.28. The fraction of sp³-hybridized carbons (Fsp3) is 0.667. The summed E-state index contributed by atoms with van der Waals surface area (Å²) in [5.74, 6) is 0. The van der Waals surface area contributed by atoms with Crippen LogP contribution in [0.15, 0.2) is 0 Å². The molecule has 0 saturated carbocycles. The third-order valence-corrected chi connectivity index (χ3v) is 2.44. The molecular weight excluding hydrogens is 172 g/mol. The number of halogens is 1. The van der Waals surface area contributed by atoms with E-state index in [0.717, 1.165) is 16.4 Å². The molecule has 0 amide bonds. The van der Waals surface area contributed by atoms with Gasteiger partial charge in [-0.3, -0.25) is 4.68 Å². The van der Waals surface area contributed by atoms with Crippen molar-refractivity contribution in [3.05, 3.63) is 16.4 Å². The highest BCUT2D eigenvalue weighted by Gasteiger charge is 2.22. The third kappa shape index (κ3) is 1.48. The van der Waals surface area contributed by atoms with Crippen LogP contribution in [-0.2, 0) is 12.5 Å². The van der Waals surface area contributed by atoms with Crippen LogP contribution < -0.4 is 0 Å². The van der Waals surface area contributed by atoms with E-state index in [0.29, 0.717) is 0 Å². The van der Waals surface area contributed by atoms with Crippen LogP contribution in [0.5, 0.6) is 0 Å². The van der Waals surface area contributed by atoms with Gasteiger partial charge in [0, 0.05) is 18.0 Å². The molecule has 0 aliphatic carbocycles. The van der Waals surface area contributed by atoms with E-state index in [1.54, 1.807) is 4.68 Å². The summed E-state index contributed by atoms with van der Waals surface area (Å²) < 4.78 is 1.72. The minimum absolute atomic E-state index is 0.0784. The smallest absolute Gasteiger partial charge is 0.129 e. The lowest BCUT2D eigenvalue weighted by atomic mass is 9.90. The van der Waals surface area contributed by atoms with E-state index in [1.165, 1.54) is 0 Å². The lowest BCUT2D eigenvalue weighted by molar-refractivity contribution is 0.550. The number of aryl methyl sites for hydroxylation is 1. The zero-order chi connectivity index (χ0) is 9.52. The van der Waals surface area contributed by atoms with E-state index in [2.05, 4.69) is 25.9 Å². The Bertz CT molecular complexity index is 294. The molecule has 0 radical (unpaired) electrons. The SMILES string of the molecule is Cc1c(C(C)(C)C)nn(C)c1Cl. The summed E-state index contributed by atoms with van der Waals surface area (Å²) in [7, 11) is 1.87. The van der Waals surface area contributed by atoms with Crippen LogP contribution in [0.4, 0.5) is 0 Å². The average molecular weight is 187 g/mol. The minimum Gasteiger partial charge on any atom is -0.257 e. The summed E-state index contributed by atoms with van der Waals surface area (Å²) >= 11 is 6.00. The topological polar surface area (TPSA) is 17.8 Å². The number of hydrogen-bond acceptors (Lipinski definition) is 1. The predicted octanol–water partition coefficient (Wildman–Crippen LogP) is 2.68. The van der Waals surface area contributed by atoms with Gasteiger partial charge >= 0.3 is 0 Å². The van der Waals surface area contributed by atoms with Gasteiger partial charge in [0.25, 0.3) is 0 Å². The van der Waals surface area contributed by atoms with Crippen molar-refractivity contribution in [1.29, 1.82) is 0 Å². The summed E-state index contributed by atoms with van der Waals surface area (Å²) in [5, 5.41) is 5.10. The highest BCUT2D eigenvalue weighted by molar-refractivity contribution is 6.30. The quantitative estimate of drug-likeness (QED) is 0.609. The van der Waals surface area contributed by atoms with Gasteiger partial charge in [-0.05, 0) is 6.92 Å². The Kier molecular flexibility index (Phi) is 2.21. The second-order valence-electron chi connectivity index (χ2n) is 4.14. The molecule has 3 heteroatoms. The van der Waals surface area contributed by atoms with Gasteiger partial charge in [-0.25, -0.2) is 0 Å². The monoisotopic (exact) mass is 186 g/mol. The summed E-state index contributed by atoms with van der Waals surface area (Å²) in [6.07, 6.45) is 0. The van der Waals surface area contributed by atoms with Crippen molar-refractivity contribution in [2.24, 2.45) is 7.05 Å². The molecular formula is C9H15ClN2. The first kappa shape index (κ1) is 9.59. The standard InChI is InChI=1S/C9H15ClN2/c1-6-7(9(2,3)4)11-12(5)8(6)10/h1-5H3. The molecule has 0 saturated heterocycles. The number of hydrogen-bond donors (Lipinski definition) is 0. The van der Waals surface area contributed by atoms with Crippen molar-refractivity contribution < 1.29 is 0 Å². The second kappa shape index (κ2) is 2.77. The van der Waals surface area contributed by atoms with Crippen molar-refractivity contribution in [1.82, 2.24) is 9.78 Å². The maximum atomic E-state index is 6.00. The van der Waals surface area contributed by atoms with Crippen molar-refractivity contribution in [3.8, 4) is 0 Å². The zero-order valence-electron chi connectivity index (χ0n) is 8.27. The van der Waals surface area contributed by atoms with Gasteiger partial charge in [-0.2, -0.15) is 5.10 Å². The fourth-order valence-corrected chi connectivity index (χ4v) is 1.45. The molecule has 0 bridgehead atoms. The Labute approximate surface area is 78.5 Å². The van der Waals surface area contributed by atoms with Crippen molar-refractivity contribution in [2.45, 2.75) is 33.1 Å². The van der Waals surface area contributed by atoms with Crippen molar-refractivity contribution in [2.75, 3.05) is 0 Å². The molecule has 1 aromatic heterocycles. The molecule has 0 aliphatic heterocycles. The molecule has 12 heavy (non-hydrogen) atoms. The lowest BCUT2D eigenvalue weighted by Crippen LogP contribution is -2.13. The molecule has 0 spiro atoms. The maximum absolute atomic E-state index is 6.00. The zero-order valence-corrected chi connectivity index (χ0v) is 9.03. The first-order valence-electron chi connectivity index (χ1n) is 4.03. The molecule has 0 N–H and O–H groups in total. The van der Waals surface area contributed by atoms with Gasteiger partial charge in [0.2, 0.25) is 0 Å². The number of rotatable bonds is 0. The molecule has 0 fully saturated rings. The lowest BCUT2D eigenvalue weighted by Gasteiger charge is -2.15. The average Bonchev–Trinajstić information content (AvgIpc) is 2.15. The number of nitrogens with zero attached hydrogens (tertiary/aromatic N) is 2. The van der Waals surface area contributed by atoms with Crippen molar-refractivity contribution in [3.63, 3.8) is 0 Å². The Hall–Kier alpha value is -0.500. The molecule has 0 aromatic carbocycles. The minimum atomic E-state index is 0.0784. The van der Waals surface area contributed by atoms with E-state index in [-0.39, 0.29) is 5.41 Å². The van der Waals surface area contributed by atoms with E-state index in [9.17, 15) is 0 Å². The molecule has 0 aliphatic rings. The molecule has 0 unspecified atom stereocenters. The van der Waals surface area contributed by atoms with Gasteiger partial charge in [0.05, 0.1) is 5.69 Å². The van der Waals surface area contributed by atoms with Crippen LogP contribution >= 0.6 is 11.6 Å². The van der Waals surface area contributed by atoms with Gasteiger partial charge < -0.3 is 0 Å². The van der Waals surface area contributed by atoms with Crippen LogP contribution in [-0.4, -0.2) is 9.78 Å². The largest absolute Gasteiger partial charge is 0.257 e. The Balaban J connectivity index is 3.28. The predicted molar refractivity (Wildman–Crippen MR) is 51.7 cm³/mol. The second-order valence-corrected chi connectivity index (χ2v) is 4.50. The van der Waals surface area contributed by atoms with Gasteiger partial charge in [0.15, 0.2) is 0 Å². The first-order chi connectivity index (χ1) is 5.34. The van der Waals surface area contributed by atoms with Gasteiger partial charge in [-0.1, -0.05) is 32.4 Å². The number of aromatic nitrogens is 2. The molecule has 68 valence electrons. The first-order valence-corrected chi connectivity index (χ1v) is 4.41. The molecule has 0 atom stereocenters. The van der Waals surface area contributed by atoms with Gasteiger partial charge in [-0.15, -0.1) is 0 Å². The van der Waals surface area contributed by atoms with E-state index in [1.807, 2.05) is 14.0 Å². The molecule has 1 aromatic rings.